The fraction of sp³-hybridized carbons (Fsp3) is 0.214. The van der Waals surface area contributed by atoms with E-state index in [1.54, 1.807) is 19.9 Å². The van der Waals surface area contributed by atoms with Crippen LogP contribution in [0.2, 0.25) is 0 Å². The fourth-order valence-electron chi connectivity index (χ4n) is 1.82. The first-order valence-electron chi connectivity index (χ1n) is 5.71. The van der Waals surface area contributed by atoms with E-state index in [0.29, 0.717) is 17.1 Å². The van der Waals surface area contributed by atoms with Crippen molar-refractivity contribution in [3.63, 3.8) is 0 Å². The molecule has 0 saturated carbocycles. The molecule has 0 amide bonds. The Labute approximate surface area is 109 Å². The third-order valence-corrected chi connectivity index (χ3v) is 2.69. The number of aromatic nitrogens is 1. The third-order valence-electron chi connectivity index (χ3n) is 2.69. The number of hydrogen-bond donors (Lipinski definition) is 0. The molecule has 2 rings (SSSR count). The van der Waals surface area contributed by atoms with Crippen molar-refractivity contribution in [3.8, 4) is 0 Å². The highest BCUT2D eigenvalue weighted by Gasteiger charge is 2.18. The summed E-state index contributed by atoms with van der Waals surface area (Å²) in [5.74, 6) is -0.319. The van der Waals surface area contributed by atoms with Crippen molar-refractivity contribution in [2.75, 3.05) is 0 Å². The molecule has 0 unspecified atom stereocenters. The van der Waals surface area contributed by atoms with Crippen molar-refractivity contribution in [1.82, 2.24) is 4.98 Å². The van der Waals surface area contributed by atoms with Crippen LogP contribution in [-0.2, 0) is 0 Å². The summed E-state index contributed by atoms with van der Waals surface area (Å²) in [7, 11) is 0. The lowest BCUT2D eigenvalue weighted by Crippen LogP contribution is -2.09. The Bertz CT molecular complexity index is 646. The molecule has 0 fully saturated rings. The number of carbonyl (C=O) groups excluding carboxylic acids is 2. The lowest BCUT2D eigenvalue weighted by molar-refractivity contribution is 0.0893. The molecule has 0 spiro atoms. The van der Waals surface area contributed by atoms with E-state index in [2.05, 4.69) is 4.98 Å². The molecule has 0 bridgehead atoms. The summed E-state index contributed by atoms with van der Waals surface area (Å²) in [5.41, 5.74) is 0.474. The highest BCUT2D eigenvalue weighted by molar-refractivity contribution is 6.13. The smallest absolute Gasteiger partial charge is 0.174 e. The van der Waals surface area contributed by atoms with Gasteiger partial charge in [0.1, 0.15) is 17.3 Å². The van der Waals surface area contributed by atoms with Crippen molar-refractivity contribution in [2.45, 2.75) is 20.3 Å². The number of carbonyl (C=O) groups is 2. The first-order chi connectivity index (χ1) is 8.97. The van der Waals surface area contributed by atoms with Crippen molar-refractivity contribution in [3.05, 3.63) is 53.0 Å². The number of ketones is 2. The van der Waals surface area contributed by atoms with Crippen LogP contribution < -0.4 is 0 Å². The van der Waals surface area contributed by atoms with E-state index in [4.69, 9.17) is 4.42 Å². The molecule has 0 N–H and O–H groups in total. The van der Waals surface area contributed by atoms with Gasteiger partial charge in [-0.1, -0.05) is 0 Å². The minimum Gasteiger partial charge on any atom is -0.466 e. The largest absolute Gasteiger partial charge is 0.466 e. The van der Waals surface area contributed by atoms with Gasteiger partial charge in [-0.05, 0) is 26.0 Å². The van der Waals surface area contributed by atoms with Crippen molar-refractivity contribution < 1.29 is 18.4 Å². The van der Waals surface area contributed by atoms with Gasteiger partial charge in [-0.25, -0.2) is 4.39 Å². The minimum absolute atomic E-state index is 0.0891. The molecule has 0 saturated heterocycles. The van der Waals surface area contributed by atoms with Crippen LogP contribution in [0.3, 0.4) is 0 Å². The first kappa shape index (κ1) is 13.1. The predicted octanol–water partition coefficient (Wildman–Crippen LogP) is 2.89. The maximum atomic E-state index is 12.9. The van der Waals surface area contributed by atoms with Gasteiger partial charge in [0.15, 0.2) is 11.6 Å². The van der Waals surface area contributed by atoms with Gasteiger partial charge in [-0.2, -0.15) is 0 Å². The zero-order chi connectivity index (χ0) is 14.0. The predicted molar refractivity (Wildman–Crippen MR) is 65.7 cm³/mol. The van der Waals surface area contributed by atoms with Gasteiger partial charge in [0.2, 0.25) is 0 Å². The first-order valence-corrected chi connectivity index (χ1v) is 5.71. The Hall–Kier alpha value is -2.30. The van der Waals surface area contributed by atoms with E-state index in [9.17, 15) is 14.0 Å². The molecule has 0 aliphatic rings. The summed E-state index contributed by atoms with van der Waals surface area (Å²) in [6.07, 6.45) is 1.92. The Morgan fingerprint density at radius 2 is 1.95 bits per heavy atom. The molecule has 2 heterocycles. The summed E-state index contributed by atoms with van der Waals surface area (Å²) in [5, 5.41) is 0. The molecule has 0 aliphatic carbocycles. The second-order valence-corrected chi connectivity index (χ2v) is 4.24. The van der Waals surface area contributed by atoms with Crippen LogP contribution in [0.1, 0.15) is 38.7 Å². The fourth-order valence-corrected chi connectivity index (χ4v) is 1.82. The molecule has 2 aromatic heterocycles. The number of Topliss-reactive ketones (excluding diaryl/α,β-unsaturated/α-hetero) is 2. The molecular formula is C14H12FNO3. The molecular weight excluding hydrogens is 249 g/mol. The normalized spacial score (nSPS) is 10.5. The molecule has 19 heavy (non-hydrogen) atoms. The molecule has 0 radical (unpaired) electrons. The van der Waals surface area contributed by atoms with Gasteiger partial charge in [-0.3, -0.25) is 14.6 Å². The maximum Gasteiger partial charge on any atom is 0.174 e. The summed E-state index contributed by atoms with van der Waals surface area (Å²) >= 11 is 0. The number of aryl methyl sites for hydroxylation is 2. The molecule has 4 nitrogen and oxygen atoms in total. The Balaban J connectivity index is 2.15. The van der Waals surface area contributed by atoms with Crippen LogP contribution in [0, 0.1) is 19.7 Å². The summed E-state index contributed by atoms with van der Waals surface area (Å²) < 4.78 is 18.2. The van der Waals surface area contributed by atoms with Gasteiger partial charge in [0.25, 0.3) is 0 Å². The quantitative estimate of drug-likeness (QED) is 0.627. The molecule has 0 aromatic carbocycles. The van der Waals surface area contributed by atoms with E-state index in [1.165, 1.54) is 6.20 Å². The molecule has 5 heteroatoms. The Morgan fingerprint density at radius 1 is 1.21 bits per heavy atom. The van der Waals surface area contributed by atoms with E-state index in [-0.39, 0.29) is 17.8 Å². The van der Waals surface area contributed by atoms with E-state index < -0.39 is 11.6 Å². The number of furan rings is 1. The van der Waals surface area contributed by atoms with Crippen LogP contribution in [0.5, 0.6) is 0 Å². The molecule has 98 valence electrons. The monoisotopic (exact) mass is 261 g/mol. The SMILES string of the molecule is Cc1cc(C(=O)CC(=O)c2cncc(F)c2)c(C)o1. The van der Waals surface area contributed by atoms with Crippen LogP contribution in [0.15, 0.2) is 28.9 Å². The lowest BCUT2D eigenvalue weighted by Gasteiger charge is -2.00. The van der Waals surface area contributed by atoms with Gasteiger partial charge in [0, 0.05) is 11.8 Å². The Kier molecular flexibility index (Phi) is 3.55. The molecule has 0 atom stereocenters. The number of nitrogens with zero attached hydrogens (tertiary/aromatic N) is 1. The van der Waals surface area contributed by atoms with Gasteiger partial charge in [-0.15, -0.1) is 0 Å². The van der Waals surface area contributed by atoms with Crippen molar-refractivity contribution >= 4 is 11.6 Å². The zero-order valence-corrected chi connectivity index (χ0v) is 10.6. The number of pyridine rings is 1. The van der Waals surface area contributed by atoms with Crippen LogP contribution >= 0.6 is 0 Å². The third kappa shape index (κ3) is 2.93. The zero-order valence-electron chi connectivity index (χ0n) is 10.6. The van der Waals surface area contributed by atoms with Crippen molar-refractivity contribution in [1.29, 1.82) is 0 Å². The number of halogens is 1. The number of hydrogen-bond acceptors (Lipinski definition) is 4. The standard InChI is InChI=1S/C14H12FNO3/c1-8-3-12(9(2)19-8)14(18)5-13(17)10-4-11(15)7-16-6-10/h3-4,6-7H,5H2,1-2H3. The average molecular weight is 261 g/mol. The summed E-state index contributed by atoms with van der Waals surface area (Å²) in [6.45, 7) is 3.39. The highest BCUT2D eigenvalue weighted by atomic mass is 19.1. The van der Waals surface area contributed by atoms with Gasteiger partial charge in [0.05, 0.1) is 18.2 Å². The maximum absolute atomic E-state index is 12.9. The van der Waals surface area contributed by atoms with Crippen LogP contribution in [0.4, 0.5) is 4.39 Å². The highest BCUT2D eigenvalue weighted by Crippen LogP contribution is 2.17. The Morgan fingerprint density at radius 3 is 2.53 bits per heavy atom. The topological polar surface area (TPSA) is 60.2 Å². The summed E-state index contributed by atoms with van der Waals surface area (Å²) in [6, 6.07) is 2.66. The van der Waals surface area contributed by atoms with Gasteiger partial charge < -0.3 is 4.42 Å². The second kappa shape index (κ2) is 5.14. The van der Waals surface area contributed by atoms with Crippen LogP contribution in [0.25, 0.3) is 0 Å². The lowest BCUT2D eigenvalue weighted by atomic mass is 10.0. The summed E-state index contributed by atoms with van der Waals surface area (Å²) in [4.78, 5) is 27.4. The minimum atomic E-state index is -0.603. The molecule has 2 aromatic rings. The van der Waals surface area contributed by atoms with Crippen molar-refractivity contribution in [2.24, 2.45) is 0 Å². The number of rotatable bonds is 4. The van der Waals surface area contributed by atoms with E-state index in [1.807, 2.05) is 0 Å². The van der Waals surface area contributed by atoms with E-state index in [0.717, 1.165) is 12.3 Å². The second-order valence-electron chi connectivity index (χ2n) is 4.24. The molecule has 0 aliphatic heterocycles. The average Bonchev–Trinajstić information content (AvgIpc) is 2.68. The van der Waals surface area contributed by atoms with Gasteiger partial charge >= 0.3 is 0 Å². The van der Waals surface area contributed by atoms with Crippen LogP contribution in [-0.4, -0.2) is 16.6 Å². The van der Waals surface area contributed by atoms with E-state index >= 15 is 0 Å².